The van der Waals surface area contributed by atoms with Gasteiger partial charge >= 0.3 is 0 Å². The number of anilines is 1. The van der Waals surface area contributed by atoms with Gasteiger partial charge in [-0.3, -0.25) is 14.8 Å². The first-order valence-corrected chi connectivity index (χ1v) is 5.52. The van der Waals surface area contributed by atoms with Crippen LogP contribution in [0.25, 0.3) is 0 Å². The maximum Gasteiger partial charge on any atom is 0.293 e. The van der Waals surface area contributed by atoms with Crippen LogP contribution in [-0.2, 0) is 15.8 Å². The Morgan fingerprint density at radius 1 is 1.47 bits per heavy atom. The van der Waals surface area contributed by atoms with Gasteiger partial charge in [0.05, 0.1) is 10.7 Å². The average molecular weight is 232 g/mol. The normalized spacial score (nSPS) is 16.9. The molecule has 6 nitrogen and oxygen atoms in total. The van der Waals surface area contributed by atoms with Crippen molar-refractivity contribution in [2.75, 3.05) is 4.72 Å². The number of rotatable bonds is 1. The highest BCUT2D eigenvalue weighted by atomic mass is 32.2. The first kappa shape index (κ1) is 9.84. The topological polar surface area (TPSA) is 89.3 Å². The fourth-order valence-corrected chi connectivity index (χ4v) is 2.67. The number of halogens is 1. The quantitative estimate of drug-likeness (QED) is 0.577. The van der Waals surface area contributed by atoms with Gasteiger partial charge in [-0.25, -0.2) is 12.8 Å². The predicted octanol–water partition coefficient (Wildman–Crippen LogP) is 0.989. The van der Waals surface area contributed by atoms with Crippen molar-refractivity contribution in [2.24, 2.45) is 0 Å². The second-order valence-electron chi connectivity index (χ2n) is 3.04. The average Bonchev–Trinajstić information content (AvgIpc) is 2.41. The first-order valence-electron chi connectivity index (χ1n) is 3.87. The molecule has 1 aromatic carbocycles. The van der Waals surface area contributed by atoms with E-state index < -0.39 is 32.2 Å². The SMILES string of the molecule is O=[N+]([O-])c1ccc(F)c2c1NS(=O)(=O)C2. The van der Waals surface area contributed by atoms with Gasteiger partial charge in [-0.15, -0.1) is 0 Å². The molecule has 0 aromatic heterocycles. The van der Waals surface area contributed by atoms with Crippen LogP contribution in [0.5, 0.6) is 0 Å². The highest BCUT2D eigenvalue weighted by molar-refractivity contribution is 7.92. The van der Waals surface area contributed by atoms with Crippen LogP contribution in [0.3, 0.4) is 0 Å². The van der Waals surface area contributed by atoms with Gasteiger partial charge in [0.1, 0.15) is 11.5 Å². The Morgan fingerprint density at radius 2 is 2.13 bits per heavy atom. The zero-order valence-electron chi connectivity index (χ0n) is 7.23. The highest BCUT2D eigenvalue weighted by Crippen LogP contribution is 2.36. The zero-order chi connectivity index (χ0) is 11.2. The van der Waals surface area contributed by atoms with Gasteiger partial charge in [0, 0.05) is 11.6 Å². The molecule has 0 radical (unpaired) electrons. The molecule has 1 aliphatic heterocycles. The second kappa shape index (κ2) is 2.89. The lowest BCUT2D eigenvalue weighted by atomic mass is 10.1. The number of benzene rings is 1. The third-order valence-electron chi connectivity index (χ3n) is 2.02. The van der Waals surface area contributed by atoms with Crippen LogP contribution in [0, 0.1) is 15.9 Å². The Labute approximate surface area is 83.9 Å². The van der Waals surface area contributed by atoms with E-state index in [-0.39, 0.29) is 11.3 Å². The molecule has 1 heterocycles. The molecule has 0 aliphatic carbocycles. The maximum atomic E-state index is 13.2. The lowest BCUT2D eigenvalue weighted by Gasteiger charge is -1.99. The second-order valence-corrected chi connectivity index (χ2v) is 4.76. The molecule has 0 saturated heterocycles. The molecule has 0 spiro atoms. The van der Waals surface area contributed by atoms with E-state index in [1.165, 1.54) is 0 Å². The molecule has 0 atom stereocenters. The lowest BCUT2D eigenvalue weighted by Crippen LogP contribution is -2.06. The number of sulfonamides is 1. The summed E-state index contributed by atoms with van der Waals surface area (Å²) < 4.78 is 37.3. The van der Waals surface area contributed by atoms with Crippen molar-refractivity contribution >= 4 is 21.4 Å². The van der Waals surface area contributed by atoms with E-state index in [2.05, 4.69) is 0 Å². The molecule has 1 aromatic rings. The number of nitro benzene ring substituents is 1. The van der Waals surface area contributed by atoms with Crippen molar-refractivity contribution in [3.63, 3.8) is 0 Å². The van der Waals surface area contributed by atoms with Crippen LogP contribution in [-0.4, -0.2) is 13.3 Å². The van der Waals surface area contributed by atoms with Crippen LogP contribution in [0.2, 0.25) is 0 Å². The van der Waals surface area contributed by atoms with Gasteiger partial charge < -0.3 is 0 Å². The molecule has 1 aliphatic rings. The smallest absolute Gasteiger partial charge is 0.276 e. The number of nitro groups is 1. The van der Waals surface area contributed by atoms with Gasteiger partial charge in [0.15, 0.2) is 0 Å². The highest BCUT2D eigenvalue weighted by Gasteiger charge is 2.33. The number of hydrogen-bond donors (Lipinski definition) is 1. The molecule has 0 bridgehead atoms. The summed E-state index contributed by atoms with van der Waals surface area (Å²) in [7, 11) is -3.68. The molecular formula is C7H5FN2O4S. The molecule has 15 heavy (non-hydrogen) atoms. The summed E-state index contributed by atoms with van der Waals surface area (Å²) in [6.45, 7) is 0. The number of fused-ring (bicyclic) bond motifs is 1. The van der Waals surface area contributed by atoms with E-state index in [1.54, 1.807) is 0 Å². The third-order valence-corrected chi connectivity index (χ3v) is 3.21. The Kier molecular flexibility index (Phi) is 1.90. The van der Waals surface area contributed by atoms with E-state index in [0.29, 0.717) is 0 Å². The summed E-state index contributed by atoms with van der Waals surface area (Å²) >= 11 is 0. The summed E-state index contributed by atoms with van der Waals surface area (Å²) in [5.41, 5.74) is -0.878. The molecule has 0 saturated carbocycles. The van der Waals surface area contributed by atoms with Crippen LogP contribution in [0.1, 0.15) is 5.56 Å². The minimum absolute atomic E-state index is 0.177. The Morgan fingerprint density at radius 3 is 2.73 bits per heavy atom. The van der Waals surface area contributed by atoms with Crippen molar-refractivity contribution < 1.29 is 17.7 Å². The number of nitrogens with zero attached hydrogens (tertiary/aromatic N) is 1. The fourth-order valence-electron chi connectivity index (χ4n) is 1.40. The monoisotopic (exact) mass is 232 g/mol. The third kappa shape index (κ3) is 1.52. The standard InChI is InChI=1S/C7H5FN2O4S/c8-5-1-2-6(10(11)12)7-4(5)3-15(13,14)9-7/h1-2,9H,3H2. The number of nitrogens with one attached hydrogen (secondary N) is 1. The van der Waals surface area contributed by atoms with Crippen molar-refractivity contribution in [3.05, 3.63) is 33.6 Å². The maximum absolute atomic E-state index is 13.2. The van der Waals surface area contributed by atoms with Crippen molar-refractivity contribution in [1.29, 1.82) is 0 Å². The molecule has 80 valence electrons. The van der Waals surface area contributed by atoms with Gasteiger partial charge in [0.25, 0.3) is 5.69 Å². The molecule has 0 unspecified atom stereocenters. The van der Waals surface area contributed by atoms with Gasteiger partial charge in [-0.05, 0) is 6.07 Å². The summed E-state index contributed by atoms with van der Waals surface area (Å²) in [5, 5.41) is 10.5. The van der Waals surface area contributed by atoms with Crippen LogP contribution in [0.15, 0.2) is 12.1 Å². The van der Waals surface area contributed by atoms with Crippen molar-refractivity contribution in [1.82, 2.24) is 0 Å². The zero-order valence-corrected chi connectivity index (χ0v) is 8.04. The minimum atomic E-state index is -3.68. The number of hydrogen-bond acceptors (Lipinski definition) is 4. The first-order chi connectivity index (χ1) is 6.91. The van der Waals surface area contributed by atoms with Gasteiger partial charge in [-0.2, -0.15) is 0 Å². The van der Waals surface area contributed by atoms with E-state index in [9.17, 15) is 22.9 Å². The largest absolute Gasteiger partial charge is 0.293 e. The van der Waals surface area contributed by atoms with Gasteiger partial charge in [-0.1, -0.05) is 0 Å². The Balaban J connectivity index is 2.70. The van der Waals surface area contributed by atoms with Gasteiger partial charge in [0.2, 0.25) is 10.0 Å². The Bertz CT molecular complexity index is 554. The van der Waals surface area contributed by atoms with E-state index in [0.717, 1.165) is 12.1 Å². The molecular weight excluding hydrogens is 227 g/mol. The molecule has 8 heteroatoms. The molecule has 0 amide bonds. The van der Waals surface area contributed by atoms with Crippen LogP contribution < -0.4 is 4.72 Å². The van der Waals surface area contributed by atoms with E-state index in [4.69, 9.17) is 0 Å². The van der Waals surface area contributed by atoms with E-state index in [1.807, 2.05) is 4.72 Å². The van der Waals surface area contributed by atoms with Crippen molar-refractivity contribution in [3.8, 4) is 0 Å². The van der Waals surface area contributed by atoms with E-state index >= 15 is 0 Å². The summed E-state index contributed by atoms with van der Waals surface area (Å²) in [6, 6.07) is 1.82. The fraction of sp³-hybridized carbons (Fsp3) is 0.143. The summed E-state index contributed by atoms with van der Waals surface area (Å²) in [4.78, 5) is 9.77. The minimum Gasteiger partial charge on any atom is -0.276 e. The predicted molar refractivity (Wildman–Crippen MR) is 49.3 cm³/mol. The summed E-state index contributed by atoms with van der Waals surface area (Å²) in [6.07, 6.45) is 0. The van der Waals surface area contributed by atoms with Crippen LogP contribution in [0.4, 0.5) is 15.8 Å². The summed E-state index contributed by atoms with van der Waals surface area (Å²) in [5.74, 6) is -1.32. The lowest BCUT2D eigenvalue weighted by molar-refractivity contribution is -0.383. The molecule has 0 fully saturated rings. The molecule has 1 N–H and O–H groups in total. The van der Waals surface area contributed by atoms with Crippen molar-refractivity contribution in [2.45, 2.75) is 5.75 Å². The Hall–Kier alpha value is -1.70. The van der Waals surface area contributed by atoms with Crippen LogP contribution >= 0.6 is 0 Å². The molecule has 2 rings (SSSR count).